The van der Waals surface area contributed by atoms with Crippen LogP contribution in [0.25, 0.3) is 0 Å². The molecule has 1 aromatic rings. The third kappa shape index (κ3) is 3.79. The van der Waals surface area contributed by atoms with Crippen LogP contribution in [0.3, 0.4) is 0 Å². The van der Waals surface area contributed by atoms with Crippen LogP contribution in [0, 0.1) is 13.8 Å². The summed E-state index contributed by atoms with van der Waals surface area (Å²) in [6, 6.07) is -1.57. The van der Waals surface area contributed by atoms with Gasteiger partial charge in [-0.3, -0.25) is 24.0 Å². The fraction of sp³-hybridized carbons (Fsp3) is 0.500. The Morgan fingerprint density at radius 3 is 2.60 bits per heavy atom. The Hall–Kier alpha value is -2.53. The number of esters is 1. The summed E-state index contributed by atoms with van der Waals surface area (Å²) in [6.45, 7) is 6.13. The van der Waals surface area contributed by atoms with E-state index in [2.05, 4.69) is 10.4 Å². The molecule has 2 amide bonds. The molecule has 2 aliphatic heterocycles. The average Bonchev–Trinajstić information content (AvgIpc) is 2.95. The van der Waals surface area contributed by atoms with Gasteiger partial charge in [0.05, 0.1) is 16.4 Å². The number of ether oxygens (including phenoxy) is 1. The van der Waals surface area contributed by atoms with Crippen molar-refractivity contribution in [1.82, 2.24) is 20.0 Å². The maximum atomic E-state index is 12.7. The van der Waals surface area contributed by atoms with Gasteiger partial charge in [-0.15, -0.1) is 11.8 Å². The number of thioether (sulfide) groups is 1. The normalized spacial score (nSPS) is 21.6. The number of hydrogen-bond acceptors (Lipinski definition) is 7. The lowest BCUT2D eigenvalue weighted by molar-refractivity contribution is -0.151. The molecule has 12 heteroatoms. The lowest BCUT2D eigenvalue weighted by Gasteiger charge is -2.49. The predicted octanol–water partition coefficient (Wildman–Crippen LogP) is 1.02. The van der Waals surface area contributed by atoms with Crippen LogP contribution >= 0.6 is 23.4 Å². The molecule has 0 unspecified atom stereocenters. The molecule has 0 radical (unpaired) electrons. The lowest BCUT2D eigenvalue weighted by atomic mass is 10.0. The van der Waals surface area contributed by atoms with Gasteiger partial charge in [0, 0.05) is 18.2 Å². The molecule has 1 fully saturated rings. The monoisotopic (exact) mass is 456 g/mol. The quantitative estimate of drug-likeness (QED) is 0.479. The van der Waals surface area contributed by atoms with Crippen LogP contribution in [0.2, 0.25) is 5.02 Å². The summed E-state index contributed by atoms with van der Waals surface area (Å²) in [7, 11) is 0. The maximum absolute atomic E-state index is 12.7. The minimum Gasteiger partial charge on any atom is -0.477 e. The topological polar surface area (TPSA) is 131 Å². The molecule has 0 aromatic carbocycles. The molecular weight excluding hydrogens is 436 g/mol. The van der Waals surface area contributed by atoms with Crippen LogP contribution in [0.4, 0.5) is 0 Å². The fourth-order valence-electron chi connectivity index (χ4n) is 3.39. The fourth-order valence-corrected chi connectivity index (χ4v) is 4.84. The molecule has 30 heavy (non-hydrogen) atoms. The van der Waals surface area contributed by atoms with Crippen LogP contribution in [-0.2, 0) is 23.9 Å². The minimum atomic E-state index is -1.29. The molecule has 1 aromatic heterocycles. The van der Waals surface area contributed by atoms with Crippen molar-refractivity contribution < 1.29 is 29.0 Å². The van der Waals surface area contributed by atoms with E-state index in [9.17, 15) is 24.3 Å². The Balaban J connectivity index is 1.74. The Morgan fingerprint density at radius 2 is 2.07 bits per heavy atom. The molecule has 2 N–H and O–H groups in total. The van der Waals surface area contributed by atoms with Crippen molar-refractivity contribution in [2.75, 3.05) is 12.4 Å². The summed E-state index contributed by atoms with van der Waals surface area (Å²) in [5.74, 6) is -2.53. The van der Waals surface area contributed by atoms with Gasteiger partial charge in [-0.2, -0.15) is 5.10 Å². The van der Waals surface area contributed by atoms with Crippen LogP contribution in [0.1, 0.15) is 31.3 Å². The molecule has 0 spiro atoms. The maximum Gasteiger partial charge on any atom is 0.352 e. The van der Waals surface area contributed by atoms with E-state index in [-0.39, 0.29) is 18.1 Å². The molecule has 3 rings (SSSR count). The number of carboxylic acid groups (broad SMARTS) is 1. The molecule has 3 heterocycles. The summed E-state index contributed by atoms with van der Waals surface area (Å²) < 4.78 is 6.39. The Bertz CT molecular complexity index is 974. The van der Waals surface area contributed by atoms with Crippen molar-refractivity contribution in [3.8, 4) is 0 Å². The molecular formula is C18H21ClN4O6S. The smallest absolute Gasteiger partial charge is 0.352 e. The number of carbonyl (C=O) groups excluding carboxylic acids is 3. The van der Waals surface area contributed by atoms with E-state index in [4.69, 9.17) is 16.3 Å². The molecule has 10 nitrogen and oxygen atoms in total. The van der Waals surface area contributed by atoms with Gasteiger partial charge < -0.3 is 15.2 Å². The van der Waals surface area contributed by atoms with E-state index in [0.29, 0.717) is 22.0 Å². The summed E-state index contributed by atoms with van der Waals surface area (Å²) in [5.41, 5.74) is 1.37. The summed E-state index contributed by atoms with van der Waals surface area (Å²) >= 11 is 7.44. The van der Waals surface area contributed by atoms with Gasteiger partial charge in [0.2, 0.25) is 5.91 Å². The Morgan fingerprint density at radius 1 is 1.40 bits per heavy atom. The van der Waals surface area contributed by atoms with Crippen molar-refractivity contribution in [1.29, 1.82) is 0 Å². The zero-order valence-corrected chi connectivity index (χ0v) is 18.3. The van der Waals surface area contributed by atoms with Crippen molar-refractivity contribution in [2.24, 2.45) is 0 Å². The molecule has 2 aliphatic rings. The van der Waals surface area contributed by atoms with E-state index in [1.807, 2.05) is 0 Å². The van der Waals surface area contributed by atoms with Crippen molar-refractivity contribution >= 4 is 47.1 Å². The number of amides is 2. The number of nitrogens with one attached hydrogen (secondary N) is 1. The van der Waals surface area contributed by atoms with E-state index in [1.54, 1.807) is 20.8 Å². The molecule has 0 bridgehead atoms. The highest BCUT2D eigenvalue weighted by atomic mass is 35.5. The first kappa shape index (κ1) is 22.2. The van der Waals surface area contributed by atoms with E-state index in [0.717, 1.165) is 4.90 Å². The highest BCUT2D eigenvalue weighted by molar-refractivity contribution is 8.00. The van der Waals surface area contributed by atoms with E-state index in [1.165, 1.54) is 23.4 Å². The third-order valence-electron chi connectivity index (χ3n) is 4.98. The van der Waals surface area contributed by atoms with Crippen LogP contribution in [-0.4, -0.2) is 67.3 Å². The summed E-state index contributed by atoms with van der Waals surface area (Å²) in [4.78, 5) is 49.3. The number of aromatic nitrogens is 2. The first-order valence-corrected chi connectivity index (χ1v) is 10.5. The van der Waals surface area contributed by atoms with Crippen molar-refractivity contribution in [3.63, 3.8) is 0 Å². The number of halogens is 1. The van der Waals surface area contributed by atoms with Crippen LogP contribution in [0.15, 0.2) is 11.3 Å². The average molecular weight is 457 g/mol. The molecule has 1 saturated heterocycles. The van der Waals surface area contributed by atoms with Gasteiger partial charge in [-0.25, -0.2) is 4.79 Å². The number of aryl methyl sites for hydroxylation is 1. The largest absolute Gasteiger partial charge is 0.477 e. The number of fused-ring (bicyclic) bond motifs is 1. The SMILES string of the molecule is CC(=O)OCC1=C(C(=O)O)N2C(=O)[C@@H](NC(=O)[C@H](C)n3nc(C)c(Cl)c3C)[C@H]2SC1. The molecule has 3 atom stereocenters. The van der Waals surface area contributed by atoms with Crippen LogP contribution < -0.4 is 5.32 Å². The Kier molecular flexibility index (Phi) is 6.14. The Labute approximate surface area is 181 Å². The van der Waals surface area contributed by atoms with E-state index >= 15 is 0 Å². The summed E-state index contributed by atoms with van der Waals surface area (Å²) in [5, 5.41) is 16.4. The van der Waals surface area contributed by atoms with Crippen molar-refractivity contribution in [2.45, 2.75) is 45.2 Å². The highest BCUT2D eigenvalue weighted by Gasteiger charge is 2.54. The number of carbonyl (C=O) groups is 4. The number of carboxylic acids is 1. The van der Waals surface area contributed by atoms with Gasteiger partial charge in [0.1, 0.15) is 29.8 Å². The standard InChI is InChI=1S/C18H21ClN4O6S/c1-7-12(19)8(2)23(21-7)9(3)15(25)20-13-16(26)22-14(18(27)28)11(5-29-10(4)24)6-30-17(13)22/h9,13,17H,5-6H2,1-4H3,(H,20,25)(H,27,28)/t9-,13+,17+/m0/s1. The van der Waals surface area contributed by atoms with Gasteiger partial charge in [-0.05, 0) is 20.8 Å². The third-order valence-corrected chi connectivity index (χ3v) is 6.87. The lowest BCUT2D eigenvalue weighted by Crippen LogP contribution is -2.71. The first-order chi connectivity index (χ1) is 14.0. The molecule has 0 aliphatic carbocycles. The number of aliphatic carboxylic acids is 1. The van der Waals surface area contributed by atoms with Gasteiger partial charge in [0.25, 0.3) is 5.91 Å². The minimum absolute atomic E-state index is 0.200. The van der Waals surface area contributed by atoms with E-state index < -0.39 is 41.2 Å². The van der Waals surface area contributed by atoms with Gasteiger partial charge >= 0.3 is 11.9 Å². The summed E-state index contributed by atoms with van der Waals surface area (Å²) in [6.07, 6.45) is 0. The second-order valence-corrected chi connectivity index (χ2v) is 8.52. The molecule has 162 valence electrons. The number of hydrogen-bond donors (Lipinski definition) is 2. The molecule has 0 saturated carbocycles. The second-order valence-electron chi connectivity index (χ2n) is 7.04. The first-order valence-electron chi connectivity index (χ1n) is 9.09. The van der Waals surface area contributed by atoms with Crippen molar-refractivity contribution in [3.05, 3.63) is 27.7 Å². The number of rotatable bonds is 6. The highest BCUT2D eigenvalue weighted by Crippen LogP contribution is 2.40. The zero-order valence-electron chi connectivity index (χ0n) is 16.8. The van der Waals surface area contributed by atoms with Crippen LogP contribution in [0.5, 0.6) is 0 Å². The number of β-lactam (4-membered cyclic amide) rings is 1. The van der Waals surface area contributed by atoms with Gasteiger partial charge in [-0.1, -0.05) is 11.6 Å². The second kappa shape index (κ2) is 8.31. The predicted molar refractivity (Wildman–Crippen MR) is 108 cm³/mol. The zero-order chi connectivity index (χ0) is 22.3. The number of nitrogens with zero attached hydrogens (tertiary/aromatic N) is 3. The van der Waals surface area contributed by atoms with Gasteiger partial charge in [0.15, 0.2) is 0 Å².